The molecule has 138 valence electrons. The van der Waals surface area contributed by atoms with Gasteiger partial charge in [0.2, 0.25) is 5.91 Å². The Labute approximate surface area is 154 Å². The minimum atomic E-state index is -0.399. The van der Waals surface area contributed by atoms with Crippen LogP contribution in [0.4, 0.5) is 0 Å². The van der Waals surface area contributed by atoms with E-state index in [-0.39, 0.29) is 23.3 Å². The average Bonchev–Trinajstić information content (AvgIpc) is 3.07. The number of likely N-dealkylation sites (N-methyl/N-ethyl adjacent to an activating group) is 1. The Hall–Kier alpha value is -1.53. The van der Waals surface area contributed by atoms with Crippen molar-refractivity contribution in [3.05, 3.63) is 35.4 Å². The quantitative estimate of drug-likeness (QED) is 0.842. The summed E-state index contributed by atoms with van der Waals surface area (Å²) in [5.41, 5.74) is 1.88. The van der Waals surface area contributed by atoms with Gasteiger partial charge in [0.05, 0.1) is 5.88 Å². The van der Waals surface area contributed by atoms with Gasteiger partial charge in [-0.15, -0.1) is 11.8 Å². The molecule has 1 aliphatic heterocycles. The van der Waals surface area contributed by atoms with E-state index in [1.807, 2.05) is 38.2 Å². The van der Waals surface area contributed by atoms with Crippen molar-refractivity contribution in [3.8, 4) is 0 Å². The van der Waals surface area contributed by atoms with Crippen molar-refractivity contribution in [2.75, 3.05) is 25.2 Å². The van der Waals surface area contributed by atoms with Gasteiger partial charge in [-0.2, -0.15) is 0 Å². The third kappa shape index (κ3) is 4.98. The second kappa shape index (κ2) is 8.23. The topological polar surface area (TPSA) is 61.4 Å². The number of carbonyl (C=O) groups is 2. The fourth-order valence-corrected chi connectivity index (χ4v) is 3.77. The molecule has 2 N–H and O–H groups in total. The lowest BCUT2D eigenvalue weighted by molar-refractivity contribution is -0.124. The van der Waals surface area contributed by atoms with Gasteiger partial charge in [0.15, 0.2) is 0 Å². The number of benzene rings is 1. The zero-order chi connectivity index (χ0) is 18.6. The van der Waals surface area contributed by atoms with Crippen LogP contribution in [0.25, 0.3) is 0 Å². The van der Waals surface area contributed by atoms with E-state index in [4.69, 9.17) is 0 Å². The van der Waals surface area contributed by atoms with E-state index in [0.717, 1.165) is 0 Å². The molecule has 1 heterocycles. The van der Waals surface area contributed by atoms with Crippen LogP contribution >= 0.6 is 11.8 Å². The van der Waals surface area contributed by atoms with Crippen molar-refractivity contribution >= 4 is 23.6 Å². The highest BCUT2D eigenvalue weighted by Gasteiger charge is 2.35. The van der Waals surface area contributed by atoms with Gasteiger partial charge in [-0.05, 0) is 37.1 Å². The maximum absolute atomic E-state index is 12.8. The predicted molar refractivity (Wildman–Crippen MR) is 104 cm³/mol. The summed E-state index contributed by atoms with van der Waals surface area (Å²) in [4.78, 5) is 27.0. The summed E-state index contributed by atoms with van der Waals surface area (Å²) < 4.78 is 0. The average molecular weight is 364 g/mol. The van der Waals surface area contributed by atoms with Crippen LogP contribution in [0.2, 0.25) is 0 Å². The first kappa shape index (κ1) is 19.8. The summed E-state index contributed by atoms with van der Waals surface area (Å²) in [5, 5.41) is 6.02. The Balaban J connectivity index is 2.06. The summed E-state index contributed by atoms with van der Waals surface area (Å²) in [6.07, 6.45) is 0. The molecule has 1 aromatic carbocycles. The Morgan fingerprint density at radius 3 is 2.48 bits per heavy atom. The van der Waals surface area contributed by atoms with E-state index < -0.39 is 6.04 Å². The second-order valence-corrected chi connectivity index (χ2v) is 8.55. The van der Waals surface area contributed by atoms with Gasteiger partial charge in [-0.1, -0.05) is 32.9 Å². The molecule has 1 saturated heterocycles. The Morgan fingerprint density at radius 1 is 1.28 bits per heavy atom. The molecule has 5 nitrogen and oxygen atoms in total. The lowest BCUT2D eigenvalue weighted by Gasteiger charge is -2.24. The Kier molecular flexibility index (Phi) is 6.52. The number of carbonyl (C=O) groups excluding carboxylic acids is 2. The molecule has 0 radical (unpaired) electrons. The number of thioether (sulfide) groups is 1. The summed E-state index contributed by atoms with van der Waals surface area (Å²) in [6, 6.07) is 7.53. The Morgan fingerprint density at radius 2 is 1.92 bits per heavy atom. The number of nitrogens with one attached hydrogen (secondary N) is 2. The molecule has 0 aliphatic carbocycles. The number of hydrogen-bond donors (Lipinski definition) is 2. The van der Waals surface area contributed by atoms with Crippen molar-refractivity contribution in [2.45, 2.75) is 45.2 Å². The first-order chi connectivity index (χ1) is 11.7. The highest BCUT2D eigenvalue weighted by molar-refractivity contribution is 7.99. The highest BCUT2D eigenvalue weighted by Crippen LogP contribution is 2.25. The monoisotopic (exact) mass is 363 g/mol. The molecule has 0 bridgehead atoms. The molecule has 2 rings (SSSR count). The van der Waals surface area contributed by atoms with Crippen molar-refractivity contribution in [1.82, 2.24) is 15.5 Å². The molecule has 0 spiro atoms. The second-order valence-electron chi connectivity index (χ2n) is 7.55. The lowest BCUT2D eigenvalue weighted by Crippen LogP contribution is -2.49. The fraction of sp³-hybridized carbons (Fsp3) is 0.579. The molecule has 1 fully saturated rings. The molecule has 1 aromatic rings. The van der Waals surface area contributed by atoms with Gasteiger partial charge in [0.1, 0.15) is 6.04 Å². The number of rotatable bonds is 5. The van der Waals surface area contributed by atoms with Crippen molar-refractivity contribution in [2.24, 2.45) is 0 Å². The summed E-state index contributed by atoms with van der Waals surface area (Å²) in [5.74, 6) is 1.05. The van der Waals surface area contributed by atoms with Crippen LogP contribution in [0.3, 0.4) is 0 Å². The zero-order valence-corrected chi connectivity index (χ0v) is 16.6. The number of nitrogens with zero attached hydrogens (tertiary/aromatic N) is 1. The largest absolute Gasteiger partial charge is 0.353 e. The van der Waals surface area contributed by atoms with Crippen LogP contribution < -0.4 is 10.6 Å². The van der Waals surface area contributed by atoms with Gasteiger partial charge in [-0.25, -0.2) is 0 Å². The van der Waals surface area contributed by atoms with Gasteiger partial charge in [-0.3, -0.25) is 9.59 Å². The maximum Gasteiger partial charge on any atom is 0.255 e. The van der Waals surface area contributed by atoms with Crippen LogP contribution in [0.5, 0.6) is 0 Å². The third-order valence-corrected chi connectivity index (χ3v) is 5.53. The van der Waals surface area contributed by atoms with Crippen LogP contribution in [0.15, 0.2) is 24.3 Å². The van der Waals surface area contributed by atoms with Crippen molar-refractivity contribution < 1.29 is 9.59 Å². The first-order valence-corrected chi connectivity index (χ1v) is 9.83. The molecular weight excluding hydrogens is 334 g/mol. The van der Waals surface area contributed by atoms with Crippen LogP contribution in [0.1, 0.15) is 43.6 Å². The molecule has 25 heavy (non-hydrogen) atoms. The van der Waals surface area contributed by atoms with Gasteiger partial charge < -0.3 is 15.5 Å². The molecule has 2 atom stereocenters. The summed E-state index contributed by atoms with van der Waals surface area (Å²) in [6.45, 7) is 9.00. The molecule has 2 unspecified atom stereocenters. The molecular formula is C19H29N3O2S. The van der Waals surface area contributed by atoms with Crippen molar-refractivity contribution in [3.63, 3.8) is 0 Å². The fourth-order valence-electron chi connectivity index (χ4n) is 2.61. The zero-order valence-electron chi connectivity index (χ0n) is 15.8. The van der Waals surface area contributed by atoms with E-state index in [1.54, 1.807) is 16.7 Å². The van der Waals surface area contributed by atoms with Crippen molar-refractivity contribution in [1.29, 1.82) is 0 Å². The third-order valence-electron chi connectivity index (χ3n) is 4.52. The van der Waals surface area contributed by atoms with Gasteiger partial charge in [0.25, 0.3) is 5.91 Å². The first-order valence-electron chi connectivity index (χ1n) is 8.68. The predicted octanol–water partition coefficient (Wildman–Crippen LogP) is 2.22. The van der Waals surface area contributed by atoms with Crippen LogP contribution in [-0.2, 0) is 10.2 Å². The summed E-state index contributed by atoms with van der Waals surface area (Å²) >= 11 is 1.62. The SMILES string of the molecule is CNC(C)CNC(=O)C1CSCN1C(=O)c1ccc(C(C)(C)C)cc1. The minimum Gasteiger partial charge on any atom is -0.353 e. The minimum absolute atomic E-state index is 0.0531. The van der Waals surface area contributed by atoms with Crippen LogP contribution in [0, 0.1) is 0 Å². The number of hydrogen-bond acceptors (Lipinski definition) is 4. The molecule has 6 heteroatoms. The normalized spacial score (nSPS) is 18.9. The standard InChI is InChI=1S/C19H29N3O2S/c1-13(20-5)10-21-17(23)16-11-25-12-22(16)18(24)14-6-8-15(9-7-14)19(2,3)4/h6-9,13,16,20H,10-12H2,1-5H3,(H,21,23). The van der Waals surface area contributed by atoms with Gasteiger partial charge >= 0.3 is 0 Å². The van der Waals surface area contributed by atoms with Crippen LogP contribution in [-0.4, -0.2) is 54.0 Å². The van der Waals surface area contributed by atoms with E-state index in [9.17, 15) is 9.59 Å². The summed E-state index contributed by atoms with van der Waals surface area (Å²) in [7, 11) is 1.86. The number of amides is 2. The molecule has 2 amide bonds. The smallest absolute Gasteiger partial charge is 0.255 e. The highest BCUT2D eigenvalue weighted by atomic mass is 32.2. The van der Waals surface area contributed by atoms with Gasteiger partial charge in [0, 0.05) is 23.9 Å². The lowest BCUT2D eigenvalue weighted by atomic mass is 9.86. The molecule has 0 saturated carbocycles. The molecule has 1 aliphatic rings. The Bertz CT molecular complexity index is 610. The van der Waals surface area contributed by atoms with E-state index in [0.29, 0.717) is 23.7 Å². The van der Waals surface area contributed by atoms with E-state index in [1.165, 1.54) is 5.56 Å². The molecule has 0 aromatic heterocycles. The van der Waals surface area contributed by atoms with E-state index >= 15 is 0 Å². The maximum atomic E-state index is 12.8. The van der Waals surface area contributed by atoms with E-state index in [2.05, 4.69) is 31.4 Å².